The van der Waals surface area contributed by atoms with Crippen LogP contribution in [0.4, 0.5) is 0 Å². The molecule has 0 spiro atoms. The number of halogens is 1. The van der Waals surface area contributed by atoms with Gasteiger partial charge in [0.15, 0.2) is 0 Å². The molecule has 2 heterocycles. The summed E-state index contributed by atoms with van der Waals surface area (Å²) >= 11 is 7.62. The lowest BCUT2D eigenvalue weighted by Crippen LogP contribution is -2.42. The number of aromatic nitrogens is 1. The van der Waals surface area contributed by atoms with E-state index in [9.17, 15) is 0 Å². The molecule has 3 rings (SSSR count). The summed E-state index contributed by atoms with van der Waals surface area (Å²) in [4.78, 5) is 4.63. The van der Waals surface area contributed by atoms with Crippen LogP contribution in [0.5, 0.6) is 0 Å². The molecule has 1 fully saturated rings. The van der Waals surface area contributed by atoms with Crippen LogP contribution in [0.15, 0.2) is 18.2 Å². The Morgan fingerprint density at radius 1 is 1.35 bits per heavy atom. The van der Waals surface area contributed by atoms with Gasteiger partial charge in [-0.15, -0.1) is 11.3 Å². The zero-order chi connectivity index (χ0) is 11.9. The van der Waals surface area contributed by atoms with E-state index in [1.807, 2.05) is 18.2 Å². The van der Waals surface area contributed by atoms with E-state index >= 15 is 0 Å². The average Bonchev–Trinajstić information content (AvgIpc) is 2.73. The number of rotatable bonds is 1. The Kier molecular flexibility index (Phi) is 2.83. The van der Waals surface area contributed by atoms with Crippen molar-refractivity contribution in [1.29, 1.82) is 0 Å². The minimum Gasteiger partial charge on any atom is -0.381 e. The molecule has 0 aliphatic carbocycles. The van der Waals surface area contributed by atoms with Gasteiger partial charge in [0.05, 0.1) is 15.8 Å². The van der Waals surface area contributed by atoms with Gasteiger partial charge in [0, 0.05) is 18.2 Å². The number of thiazole rings is 1. The quantitative estimate of drug-likeness (QED) is 0.865. The molecule has 5 heteroatoms. The maximum atomic E-state index is 6.42. The highest BCUT2D eigenvalue weighted by Gasteiger charge is 2.33. The Hall–Kier alpha value is -0.680. The second-order valence-corrected chi connectivity index (χ2v) is 5.87. The summed E-state index contributed by atoms with van der Waals surface area (Å²) in [6.45, 7) is 1.43. The molecule has 2 aromatic rings. The van der Waals surface area contributed by atoms with E-state index in [0.717, 1.165) is 33.1 Å². The lowest BCUT2D eigenvalue weighted by atomic mass is 9.92. The SMILES string of the molecule is NC1(c2nc3ccc(Cl)cc3s2)CCOCC1. The molecular formula is C12H13ClN2OS. The highest BCUT2D eigenvalue weighted by atomic mass is 35.5. The molecule has 1 aromatic carbocycles. The van der Waals surface area contributed by atoms with Gasteiger partial charge >= 0.3 is 0 Å². The summed E-state index contributed by atoms with van der Waals surface area (Å²) in [6, 6.07) is 5.75. The molecule has 0 unspecified atom stereocenters. The fourth-order valence-corrected chi connectivity index (χ4v) is 3.46. The lowest BCUT2D eigenvalue weighted by molar-refractivity contribution is 0.0522. The topological polar surface area (TPSA) is 48.1 Å². The molecule has 0 radical (unpaired) electrons. The molecule has 1 aliphatic rings. The van der Waals surface area contributed by atoms with Crippen LogP contribution in [0, 0.1) is 0 Å². The van der Waals surface area contributed by atoms with Crippen LogP contribution in [0.25, 0.3) is 10.2 Å². The summed E-state index contributed by atoms with van der Waals surface area (Å²) in [5.74, 6) is 0. The Morgan fingerprint density at radius 2 is 2.12 bits per heavy atom. The van der Waals surface area contributed by atoms with Crippen molar-refractivity contribution in [2.24, 2.45) is 5.73 Å². The average molecular weight is 269 g/mol. The maximum Gasteiger partial charge on any atom is 0.114 e. The highest BCUT2D eigenvalue weighted by Crippen LogP contribution is 2.35. The summed E-state index contributed by atoms with van der Waals surface area (Å²) in [5.41, 5.74) is 7.07. The molecule has 17 heavy (non-hydrogen) atoms. The third-order valence-corrected chi connectivity index (χ3v) is 4.63. The number of nitrogens with zero attached hydrogens (tertiary/aromatic N) is 1. The van der Waals surface area contributed by atoms with E-state index in [0.29, 0.717) is 13.2 Å². The first-order chi connectivity index (χ1) is 8.17. The van der Waals surface area contributed by atoms with E-state index in [1.54, 1.807) is 11.3 Å². The first-order valence-corrected chi connectivity index (χ1v) is 6.80. The Balaban J connectivity index is 2.05. The molecule has 0 amide bonds. The Labute approximate surface area is 109 Å². The van der Waals surface area contributed by atoms with E-state index in [1.165, 1.54) is 0 Å². The van der Waals surface area contributed by atoms with Gasteiger partial charge in [0.1, 0.15) is 5.01 Å². The van der Waals surface area contributed by atoms with E-state index in [-0.39, 0.29) is 5.54 Å². The smallest absolute Gasteiger partial charge is 0.114 e. The number of benzene rings is 1. The molecule has 1 saturated heterocycles. The zero-order valence-corrected chi connectivity index (χ0v) is 10.9. The van der Waals surface area contributed by atoms with Crippen molar-refractivity contribution in [2.45, 2.75) is 18.4 Å². The maximum absolute atomic E-state index is 6.42. The summed E-state index contributed by atoms with van der Waals surface area (Å²) in [7, 11) is 0. The third kappa shape index (κ3) is 2.06. The first-order valence-electron chi connectivity index (χ1n) is 5.61. The van der Waals surface area contributed by atoms with Crippen molar-refractivity contribution in [3.63, 3.8) is 0 Å². The van der Waals surface area contributed by atoms with Crippen LogP contribution in [0.1, 0.15) is 17.8 Å². The minimum absolute atomic E-state index is 0.325. The van der Waals surface area contributed by atoms with Crippen molar-refractivity contribution >= 4 is 33.2 Å². The number of ether oxygens (including phenoxy) is 1. The van der Waals surface area contributed by atoms with Crippen molar-refractivity contribution < 1.29 is 4.74 Å². The van der Waals surface area contributed by atoms with E-state index in [4.69, 9.17) is 22.1 Å². The summed E-state index contributed by atoms with van der Waals surface area (Å²) in [5, 5.41) is 1.74. The second kappa shape index (κ2) is 4.21. The summed E-state index contributed by atoms with van der Waals surface area (Å²) in [6.07, 6.45) is 1.67. The van der Waals surface area contributed by atoms with Gasteiger partial charge in [-0.05, 0) is 31.0 Å². The van der Waals surface area contributed by atoms with Crippen LogP contribution < -0.4 is 5.73 Å². The fraction of sp³-hybridized carbons (Fsp3) is 0.417. The number of hydrogen-bond donors (Lipinski definition) is 1. The van der Waals surface area contributed by atoms with Crippen LogP contribution in [-0.2, 0) is 10.3 Å². The predicted octanol–water partition coefficient (Wildman–Crippen LogP) is 2.91. The highest BCUT2D eigenvalue weighted by molar-refractivity contribution is 7.18. The number of fused-ring (bicyclic) bond motifs is 1. The van der Waals surface area contributed by atoms with Gasteiger partial charge in [-0.3, -0.25) is 0 Å². The van der Waals surface area contributed by atoms with Gasteiger partial charge in [-0.1, -0.05) is 11.6 Å². The molecule has 0 atom stereocenters. The van der Waals surface area contributed by atoms with E-state index < -0.39 is 0 Å². The third-order valence-electron chi connectivity index (χ3n) is 3.16. The van der Waals surface area contributed by atoms with Crippen LogP contribution in [0.2, 0.25) is 5.02 Å². The van der Waals surface area contributed by atoms with Gasteiger partial charge in [0.2, 0.25) is 0 Å². The molecule has 0 saturated carbocycles. The van der Waals surface area contributed by atoms with Crippen molar-refractivity contribution in [1.82, 2.24) is 4.98 Å². The fourth-order valence-electron chi connectivity index (χ4n) is 2.06. The predicted molar refractivity (Wildman–Crippen MR) is 70.5 cm³/mol. The molecule has 0 bridgehead atoms. The van der Waals surface area contributed by atoms with Crippen molar-refractivity contribution in [2.75, 3.05) is 13.2 Å². The van der Waals surface area contributed by atoms with Gasteiger partial charge in [-0.2, -0.15) is 0 Å². The minimum atomic E-state index is -0.325. The molecule has 90 valence electrons. The number of nitrogens with two attached hydrogens (primary N) is 1. The van der Waals surface area contributed by atoms with Gasteiger partial charge < -0.3 is 10.5 Å². The van der Waals surface area contributed by atoms with Crippen LogP contribution in [-0.4, -0.2) is 18.2 Å². The Morgan fingerprint density at radius 3 is 2.88 bits per heavy atom. The Bertz CT molecular complexity index is 548. The molecule has 1 aromatic heterocycles. The molecule has 1 aliphatic heterocycles. The molecule has 2 N–H and O–H groups in total. The largest absolute Gasteiger partial charge is 0.381 e. The number of hydrogen-bond acceptors (Lipinski definition) is 4. The standard InChI is InChI=1S/C12H13ClN2OS/c13-8-1-2-9-10(7-8)17-11(15-9)12(14)3-5-16-6-4-12/h1-2,7H,3-6,14H2. The summed E-state index contributed by atoms with van der Waals surface area (Å²) < 4.78 is 6.46. The second-order valence-electron chi connectivity index (χ2n) is 4.40. The lowest BCUT2D eigenvalue weighted by Gasteiger charge is -2.31. The van der Waals surface area contributed by atoms with Crippen molar-refractivity contribution in [3.05, 3.63) is 28.2 Å². The zero-order valence-electron chi connectivity index (χ0n) is 9.28. The van der Waals surface area contributed by atoms with Gasteiger partial charge in [0.25, 0.3) is 0 Å². The van der Waals surface area contributed by atoms with Gasteiger partial charge in [-0.25, -0.2) is 4.98 Å². The molecular weight excluding hydrogens is 256 g/mol. The van der Waals surface area contributed by atoms with Crippen molar-refractivity contribution in [3.8, 4) is 0 Å². The van der Waals surface area contributed by atoms with Crippen LogP contribution >= 0.6 is 22.9 Å². The normalized spacial score (nSPS) is 19.6. The van der Waals surface area contributed by atoms with Crippen LogP contribution in [0.3, 0.4) is 0 Å². The monoisotopic (exact) mass is 268 g/mol. The molecule has 3 nitrogen and oxygen atoms in total. The first kappa shape index (κ1) is 11.4. The van der Waals surface area contributed by atoms with E-state index in [2.05, 4.69) is 4.98 Å².